The van der Waals surface area contributed by atoms with E-state index in [0.29, 0.717) is 13.2 Å². The number of unbranched alkanes of at least 4 members (excludes halogenated alkanes) is 9. The summed E-state index contributed by atoms with van der Waals surface area (Å²) in [7, 11) is -4.37. The quantitative estimate of drug-likeness (QED) is 0.217. The Morgan fingerprint density at radius 3 is 1.52 bits per heavy atom. The Balaban J connectivity index is 0. The van der Waals surface area contributed by atoms with Crippen molar-refractivity contribution < 1.29 is 36.8 Å². The van der Waals surface area contributed by atoms with E-state index in [1.54, 1.807) is 0 Å². The van der Waals surface area contributed by atoms with E-state index in [9.17, 15) is 8.42 Å². The van der Waals surface area contributed by atoms with Crippen LogP contribution < -0.4 is 0 Å². The molecule has 0 atom stereocenters. The van der Waals surface area contributed by atoms with Gasteiger partial charge in [0, 0.05) is 6.61 Å². The van der Waals surface area contributed by atoms with Crippen LogP contribution in [0.5, 0.6) is 0 Å². The highest BCUT2D eigenvalue weighted by atomic mass is 32.3. The largest absolute Gasteiger partial charge is 0.397 e. The molecule has 0 heterocycles. The summed E-state index contributed by atoms with van der Waals surface area (Å²) >= 11 is 0. The van der Waals surface area contributed by atoms with E-state index < -0.39 is 10.4 Å². The molecular formula is C18H40O8S. The van der Waals surface area contributed by atoms with Gasteiger partial charge in [-0.25, -0.2) is 4.18 Å². The van der Waals surface area contributed by atoms with Gasteiger partial charge in [-0.1, -0.05) is 64.7 Å². The fraction of sp³-hybridized carbons (Fsp3) is 1.00. The van der Waals surface area contributed by atoms with E-state index in [1.807, 2.05) is 0 Å². The lowest BCUT2D eigenvalue weighted by atomic mass is 10.1. The summed E-state index contributed by atoms with van der Waals surface area (Å²) in [6.07, 6.45) is 13.3. The average molecular weight is 417 g/mol. The van der Waals surface area contributed by atoms with E-state index >= 15 is 0 Å². The highest BCUT2D eigenvalue weighted by molar-refractivity contribution is 7.80. The number of hydrogen-bond acceptors (Lipinski definition) is 7. The van der Waals surface area contributed by atoms with Crippen molar-refractivity contribution in [3.8, 4) is 0 Å². The van der Waals surface area contributed by atoms with Crippen molar-refractivity contribution >= 4 is 10.4 Å². The van der Waals surface area contributed by atoms with Crippen molar-refractivity contribution in [2.75, 3.05) is 46.2 Å². The zero-order chi connectivity index (χ0) is 20.6. The molecule has 0 amide bonds. The molecule has 0 unspecified atom stereocenters. The Morgan fingerprint density at radius 2 is 1.07 bits per heavy atom. The van der Waals surface area contributed by atoms with Crippen LogP contribution in [0.25, 0.3) is 0 Å². The van der Waals surface area contributed by atoms with Gasteiger partial charge in [-0.3, -0.25) is 4.55 Å². The van der Waals surface area contributed by atoms with Gasteiger partial charge >= 0.3 is 10.4 Å². The van der Waals surface area contributed by atoms with Crippen LogP contribution >= 0.6 is 0 Å². The van der Waals surface area contributed by atoms with E-state index in [1.165, 1.54) is 57.8 Å². The van der Waals surface area contributed by atoms with Crippen molar-refractivity contribution in [1.29, 1.82) is 0 Å². The maximum absolute atomic E-state index is 10.0. The van der Waals surface area contributed by atoms with Crippen LogP contribution in [0.15, 0.2) is 0 Å². The third-order valence-electron chi connectivity index (χ3n) is 3.58. The molecule has 0 spiro atoms. The van der Waals surface area contributed by atoms with Crippen molar-refractivity contribution in [2.45, 2.75) is 71.1 Å². The number of aliphatic hydroxyl groups is 2. The molecule has 0 aliphatic rings. The molecule has 0 saturated heterocycles. The number of aliphatic hydroxyl groups excluding tert-OH is 2. The van der Waals surface area contributed by atoms with Crippen molar-refractivity contribution in [1.82, 2.24) is 0 Å². The van der Waals surface area contributed by atoms with Gasteiger partial charge in [0.15, 0.2) is 0 Å². The van der Waals surface area contributed by atoms with Crippen molar-refractivity contribution in [3.63, 3.8) is 0 Å². The summed E-state index contributed by atoms with van der Waals surface area (Å²) in [4.78, 5) is 0. The fourth-order valence-corrected chi connectivity index (χ4v) is 2.46. The van der Waals surface area contributed by atoms with Crippen molar-refractivity contribution in [3.05, 3.63) is 0 Å². The molecule has 0 aromatic carbocycles. The van der Waals surface area contributed by atoms with Crippen LogP contribution in [0.2, 0.25) is 0 Å². The average Bonchev–Trinajstić information content (AvgIpc) is 2.62. The van der Waals surface area contributed by atoms with Gasteiger partial charge in [-0.15, -0.1) is 0 Å². The summed E-state index contributed by atoms with van der Waals surface area (Å²) in [6, 6.07) is 0. The molecular weight excluding hydrogens is 376 g/mol. The minimum Gasteiger partial charge on any atom is -0.396 e. The highest BCUT2D eigenvalue weighted by Crippen LogP contribution is 2.10. The maximum Gasteiger partial charge on any atom is 0.397 e. The predicted octanol–water partition coefficient (Wildman–Crippen LogP) is 2.73. The minimum atomic E-state index is -4.37. The molecule has 8 nitrogen and oxygen atoms in total. The molecule has 0 fully saturated rings. The highest BCUT2D eigenvalue weighted by Gasteiger charge is 2.02. The normalized spacial score (nSPS) is 11.3. The fourth-order valence-electron chi connectivity index (χ4n) is 2.18. The Morgan fingerprint density at radius 1 is 0.630 bits per heavy atom. The minimum absolute atomic E-state index is 0.0439. The van der Waals surface area contributed by atoms with Crippen LogP contribution in [0.4, 0.5) is 0 Å². The molecule has 0 aliphatic heterocycles. The van der Waals surface area contributed by atoms with Gasteiger partial charge in [0.25, 0.3) is 0 Å². The number of ether oxygens (including phenoxy) is 2. The van der Waals surface area contributed by atoms with Gasteiger partial charge in [-0.2, -0.15) is 8.42 Å². The lowest BCUT2D eigenvalue weighted by Crippen LogP contribution is -2.13. The molecule has 0 rings (SSSR count). The molecule has 3 N–H and O–H groups in total. The second kappa shape index (κ2) is 23.7. The SMILES string of the molecule is CCCCCCCCCCCCO.O=S(=O)(O)OCCOCCOCCO. The Kier molecular flexibility index (Phi) is 25.4. The molecule has 0 saturated carbocycles. The standard InChI is InChI=1S/C12H26O.C6H14O7S/c1-2-3-4-5-6-7-8-9-10-11-12-13;7-1-2-11-3-4-12-5-6-13-14(8,9)10/h13H,2-12H2,1H3;7H,1-6H2,(H,8,9,10). The molecule has 0 aromatic heterocycles. The summed E-state index contributed by atoms with van der Waals surface area (Å²) in [5.74, 6) is 0. The van der Waals surface area contributed by atoms with E-state index in [2.05, 4.69) is 11.1 Å². The molecule has 9 heteroatoms. The second-order valence-electron chi connectivity index (χ2n) is 6.10. The van der Waals surface area contributed by atoms with Crippen LogP contribution in [-0.4, -0.2) is 69.4 Å². The maximum atomic E-state index is 10.0. The molecule has 0 aliphatic carbocycles. The number of hydrogen-bond donors (Lipinski definition) is 3. The van der Waals surface area contributed by atoms with Gasteiger partial charge in [-0.05, 0) is 6.42 Å². The first-order valence-electron chi connectivity index (χ1n) is 9.97. The Labute approximate surface area is 165 Å². The smallest absolute Gasteiger partial charge is 0.396 e. The van der Waals surface area contributed by atoms with Crippen LogP contribution in [0.1, 0.15) is 71.1 Å². The lowest BCUT2D eigenvalue weighted by molar-refractivity contribution is 0.0243. The molecule has 27 heavy (non-hydrogen) atoms. The first kappa shape index (κ1) is 28.9. The Bertz CT molecular complexity index is 352. The summed E-state index contributed by atoms with van der Waals surface area (Å²) in [6.45, 7) is 3.21. The molecule has 166 valence electrons. The van der Waals surface area contributed by atoms with E-state index in [0.717, 1.165) is 6.42 Å². The van der Waals surface area contributed by atoms with E-state index in [4.69, 9.17) is 24.2 Å². The monoisotopic (exact) mass is 416 g/mol. The van der Waals surface area contributed by atoms with Crippen LogP contribution in [0, 0.1) is 0 Å². The van der Waals surface area contributed by atoms with Crippen molar-refractivity contribution in [2.24, 2.45) is 0 Å². The summed E-state index contributed by atoms with van der Waals surface area (Å²) in [5, 5.41) is 16.9. The summed E-state index contributed by atoms with van der Waals surface area (Å²) < 4.78 is 41.9. The first-order chi connectivity index (χ1) is 13.0. The molecule has 0 bridgehead atoms. The Hall–Kier alpha value is -0.290. The van der Waals surface area contributed by atoms with Crippen LogP contribution in [0.3, 0.4) is 0 Å². The molecule has 0 radical (unpaired) electrons. The van der Waals surface area contributed by atoms with Gasteiger partial charge in [0.05, 0.1) is 39.6 Å². The summed E-state index contributed by atoms with van der Waals surface area (Å²) in [5.41, 5.74) is 0. The zero-order valence-electron chi connectivity index (χ0n) is 16.8. The van der Waals surface area contributed by atoms with Gasteiger partial charge in [0.1, 0.15) is 0 Å². The number of rotatable bonds is 19. The second-order valence-corrected chi connectivity index (χ2v) is 7.19. The van der Waals surface area contributed by atoms with Gasteiger partial charge in [0.2, 0.25) is 0 Å². The molecule has 0 aromatic rings. The van der Waals surface area contributed by atoms with Gasteiger partial charge < -0.3 is 19.7 Å². The zero-order valence-corrected chi connectivity index (χ0v) is 17.6. The van der Waals surface area contributed by atoms with E-state index in [-0.39, 0.29) is 33.0 Å². The lowest BCUT2D eigenvalue weighted by Gasteiger charge is -2.03. The third kappa shape index (κ3) is 33.7. The predicted molar refractivity (Wildman–Crippen MR) is 105 cm³/mol. The third-order valence-corrected chi connectivity index (χ3v) is 4.04. The first-order valence-corrected chi connectivity index (χ1v) is 11.3. The topological polar surface area (TPSA) is 123 Å². The van der Waals surface area contributed by atoms with Crippen LogP contribution in [-0.2, 0) is 24.1 Å².